The molecule has 1 amide bonds. The summed E-state index contributed by atoms with van der Waals surface area (Å²) in [5.74, 6) is 0. The van der Waals surface area contributed by atoms with Crippen LogP contribution < -0.4 is 11.1 Å². The van der Waals surface area contributed by atoms with Crippen LogP contribution in [0.15, 0.2) is 0 Å². The van der Waals surface area contributed by atoms with Gasteiger partial charge in [0.15, 0.2) is 0 Å². The Bertz CT molecular complexity index is 224. The molecule has 0 saturated carbocycles. The minimum atomic E-state index is -0.693. The lowest BCUT2D eigenvalue weighted by Gasteiger charge is -2.19. The highest BCUT2D eigenvalue weighted by Crippen LogP contribution is 2.11. The van der Waals surface area contributed by atoms with Gasteiger partial charge in [-0.05, 0) is 45.3 Å². The van der Waals surface area contributed by atoms with Crippen LogP contribution in [0.1, 0.15) is 32.6 Å². The Kier molecular flexibility index (Phi) is 6.96. The Labute approximate surface area is 104 Å². The zero-order chi connectivity index (χ0) is 12.5. The van der Waals surface area contributed by atoms with Crippen molar-refractivity contribution in [3.05, 3.63) is 0 Å². The maximum atomic E-state index is 10.4. The number of amides is 1. The average Bonchev–Trinajstić information content (AvgIpc) is 2.51. The van der Waals surface area contributed by atoms with Gasteiger partial charge in [0.1, 0.15) is 6.61 Å². The molecule has 0 aromatic heterocycles. The molecule has 1 heterocycles. The standard InChI is InChI=1S/C12H25N3O2/c1-2-7-15-8-3-4-11(5-9-15)14-6-10-17-12(13)16/h11,14H,2-10H2,1H3,(H2,13,16). The second-order valence-electron chi connectivity index (χ2n) is 4.59. The summed E-state index contributed by atoms with van der Waals surface area (Å²) in [4.78, 5) is 12.9. The molecule has 0 aromatic rings. The van der Waals surface area contributed by atoms with E-state index in [-0.39, 0.29) is 0 Å². The summed E-state index contributed by atoms with van der Waals surface area (Å²) in [7, 11) is 0. The van der Waals surface area contributed by atoms with Gasteiger partial charge in [0.2, 0.25) is 0 Å². The van der Waals surface area contributed by atoms with Crippen molar-refractivity contribution in [2.45, 2.75) is 38.6 Å². The van der Waals surface area contributed by atoms with Gasteiger partial charge in [0, 0.05) is 12.6 Å². The van der Waals surface area contributed by atoms with Crippen molar-refractivity contribution in [3.63, 3.8) is 0 Å². The van der Waals surface area contributed by atoms with E-state index in [1.807, 2.05) is 0 Å². The minimum Gasteiger partial charge on any atom is -0.448 e. The highest BCUT2D eigenvalue weighted by Gasteiger charge is 2.15. The van der Waals surface area contributed by atoms with E-state index in [1.54, 1.807) is 0 Å². The molecule has 0 aromatic carbocycles. The molecule has 100 valence electrons. The summed E-state index contributed by atoms with van der Waals surface area (Å²) in [6, 6.07) is 0.549. The van der Waals surface area contributed by atoms with Gasteiger partial charge in [-0.3, -0.25) is 0 Å². The summed E-state index contributed by atoms with van der Waals surface area (Å²) in [5.41, 5.74) is 4.89. The van der Waals surface area contributed by atoms with Crippen LogP contribution >= 0.6 is 0 Å². The predicted molar refractivity (Wildman–Crippen MR) is 67.9 cm³/mol. The monoisotopic (exact) mass is 243 g/mol. The van der Waals surface area contributed by atoms with Crippen LogP contribution in [-0.2, 0) is 4.74 Å². The molecule has 1 atom stereocenters. The molecule has 3 N–H and O–H groups in total. The summed E-state index contributed by atoms with van der Waals surface area (Å²) in [5, 5.41) is 3.42. The SMILES string of the molecule is CCCN1CCCC(NCCOC(N)=O)CC1. The number of nitrogens with two attached hydrogens (primary N) is 1. The Morgan fingerprint density at radius 2 is 2.29 bits per heavy atom. The van der Waals surface area contributed by atoms with Crippen molar-refractivity contribution in [2.24, 2.45) is 5.73 Å². The molecule has 1 aliphatic heterocycles. The Hall–Kier alpha value is -0.810. The third kappa shape index (κ3) is 6.48. The first-order valence-electron chi connectivity index (χ1n) is 6.60. The van der Waals surface area contributed by atoms with E-state index in [1.165, 1.54) is 45.3 Å². The highest BCUT2D eigenvalue weighted by atomic mass is 16.5. The van der Waals surface area contributed by atoms with Gasteiger partial charge in [-0.1, -0.05) is 6.92 Å². The Morgan fingerprint density at radius 3 is 3.00 bits per heavy atom. The lowest BCUT2D eigenvalue weighted by atomic mass is 10.1. The summed E-state index contributed by atoms with van der Waals surface area (Å²) in [6.07, 6.45) is 4.16. The highest BCUT2D eigenvalue weighted by molar-refractivity contribution is 5.64. The van der Waals surface area contributed by atoms with Crippen LogP contribution in [0.25, 0.3) is 0 Å². The van der Waals surface area contributed by atoms with Crippen molar-refractivity contribution in [3.8, 4) is 0 Å². The fourth-order valence-corrected chi connectivity index (χ4v) is 2.31. The van der Waals surface area contributed by atoms with Gasteiger partial charge in [-0.25, -0.2) is 4.79 Å². The molecular formula is C12H25N3O2. The quantitative estimate of drug-likeness (QED) is 0.681. The third-order valence-corrected chi connectivity index (χ3v) is 3.14. The van der Waals surface area contributed by atoms with Crippen molar-refractivity contribution < 1.29 is 9.53 Å². The van der Waals surface area contributed by atoms with Gasteiger partial charge in [-0.2, -0.15) is 0 Å². The first-order chi connectivity index (χ1) is 8.22. The molecule has 0 aliphatic carbocycles. The number of nitrogens with one attached hydrogen (secondary N) is 1. The molecule has 5 nitrogen and oxygen atoms in total. The third-order valence-electron chi connectivity index (χ3n) is 3.14. The van der Waals surface area contributed by atoms with E-state index in [0.29, 0.717) is 19.2 Å². The molecule has 5 heteroatoms. The molecule has 0 spiro atoms. The topological polar surface area (TPSA) is 67.6 Å². The van der Waals surface area contributed by atoms with Crippen LogP contribution in [0.5, 0.6) is 0 Å². The number of rotatable bonds is 6. The molecule has 1 fully saturated rings. The van der Waals surface area contributed by atoms with E-state index in [2.05, 4.69) is 21.9 Å². The fourth-order valence-electron chi connectivity index (χ4n) is 2.31. The first-order valence-corrected chi connectivity index (χ1v) is 6.60. The van der Waals surface area contributed by atoms with Gasteiger partial charge in [0.05, 0.1) is 0 Å². The van der Waals surface area contributed by atoms with Gasteiger partial charge in [0.25, 0.3) is 0 Å². The lowest BCUT2D eigenvalue weighted by Crippen LogP contribution is -2.34. The molecule has 17 heavy (non-hydrogen) atoms. The zero-order valence-electron chi connectivity index (χ0n) is 10.8. The Balaban J connectivity index is 2.11. The van der Waals surface area contributed by atoms with Crippen LogP contribution in [0.3, 0.4) is 0 Å². The lowest BCUT2D eigenvalue weighted by molar-refractivity contribution is 0.155. The molecule has 0 radical (unpaired) electrons. The minimum absolute atomic E-state index is 0.366. The van der Waals surface area contributed by atoms with E-state index in [4.69, 9.17) is 5.73 Å². The van der Waals surface area contributed by atoms with E-state index >= 15 is 0 Å². The molecule has 1 saturated heterocycles. The number of hydrogen-bond acceptors (Lipinski definition) is 4. The summed E-state index contributed by atoms with van der Waals surface area (Å²) >= 11 is 0. The van der Waals surface area contributed by atoms with Gasteiger partial charge >= 0.3 is 6.09 Å². The number of carbonyl (C=O) groups is 1. The maximum Gasteiger partial charge on any atom is 0.404 e. The fraction of sp³-hybridized carbons (Fsp3) is 0.917. The normalized spacial score (nSPS) is 22.1. The van der Waals surface area contributed by atoms with Crippen molar-refractivity contribution >= 4 is 6.09 Å². The van der Waals surface area contributed by atoms with Crippen LogP contribution in [0.2, 0.25) is 0 Å². The number of primary amides is 1. The maximum absolute atomic E-state index is 10.4. The van der Waals surface area contributed by atoms with Crippen molar-refractivity contribution in [1.29, 1.82) is 0 Å². The second-order valence-corrected chi connectivity index (χ2v) is 4.59. The predicted octanol–water partition coefficient (Wildman–Crippen LogP) is 0.936. The molecular weight excluding hydrogens is 218 g/mol. The first kappa shape index (κ1) is 14.3. The Morgan fingerprint density at radius 1 is 1.47 bits per heavy atom. The van der Waals surface area contributed by atoms with Crippen LogP contribution in [0, 0.1) is 0 Å². The largest absolute Gasteiger partial charge is 0.448 e. The second kappa shape index (κ2) is 8.31. The van der Waals surface area contributed by atoms with Gasteiger partial charge in [-0.15, -0.1) is 0 Å². The van der Waals surface area contributed by atoms with E-state index < -0.39 is 6.09 Å². The zero-order valence-corrected chi connectivity index (χ0v) is 10.8. The molecule has 1 aliphatic rings. The van der Waals surface area contributed by atoms with Gasteiger partial charge < -0.3 is 20.7 Å². The van der Waals surface area contributed by atoms with E-state index in [0.717, 1.165) is 0 Å². The molecule has 1 rings (SSSR count). The smallest absolute Gasteiger partial charge is 0.404 e. The van der Waals surface area contributed by atoms with E-state index in [9.17, 15) is 4.79 Å². The summed E-state index contributed by atoms with van der Waals surface area (Å²) in [6.45, 7) is 6.87. The van der Waals surface area contributed by atoms with Crippen LogP contribution in [0.4, 0.5) is 4.79 Å². The molecule has 0 bridgehead atoms. The van der Waals surface area contributed by atoms with Crippen molar-refractivity contribution in [1.82, 2.24) is 10.2 Å². The van der Waals surface area contributed by atoms with Crippen LogP contribution in [-0.4, -0.2) is 49.8 Å². The number of carbonyl (C=O) groups excluding carboxylic acids is 1. The summed E-state index contributed by atoms with van der Waals surface area (Å²) < 4.78 is 4.69. The number of likely N-dealkylation sites (tertiary alicyclic amines) is 1. The number of ether oxygens (including phenoxy) is 1. The number of hydrogen-bond donors (Lipinski definition) is 2. The number of nitrogens with zero attached hydrogens (tertiary/aromatic N) is 1. The average molecular weight is 243 g/mol. The van der Waals surface area contributed by atoms with Crippen molar-refractivity contribution in [2.75, 3.05) is 32.8 Å². The molecule has 1 unspecified atom stereocenters.